The molecule has 0 radical (unpaired) electrons. The third-order valence-electron chi connectivity index (χ3n) is 3.74. The molecule has 20 heavy (non-hydrogen) atoms. The standard InChI is InChI=1S/C18H27OP/c1-5-7-8-10-13-17(6-2)20(19,16(3)4)18-14-11-9-12-15-18/h9,11-12,14-16H,2,5,7-8,10,13H2,1,3-4H3/t20-/m1/s1. The van der Waals surface area contributed by atoms with Crippen LogP contribution in [0.15, 0.2) is 48.0 Å². The van der Waals surface area contributed by atoms with Gasteiger partial charge in [0.05, 0.1) is 0 Å². The monoisotopic (exact) mass is 290 g/mol. The molecule has 0 amide bonds. The van der Waals surface area contributed by atoms with Crippen molar-refractivity contribution in [2.75, 3.05) is 0 Å². The lowest BCUT2D eigenvalue weighted by Crippen LogP contribution is -2.14. The van der Waals surface area contributed by atoms with Crippen LogP contribution in [-0.2, 0) is 4.57 Å². The Hall–Kier alpha value is -1.03. The highest BCUT2D eigenvalue weighted by Crippen LogP contribution is 2.58. The van der Waals surface area contributed by atoms with Crippen molar-refractivity contribution in [2.45, 2.75) is 58.5 Å². The van der Waals surface area contributed by atoms with E-state index in [2.05, 4.69) is 19.2 Å². The summed E-state index contributed by atoms with van der Waals surface area (Å²) in [6.07, 6.45) is 5.58. The number of benzene rings is 1. The maximum atomic E-state index is 13.6. The molecule has 0 aliphatic rings. The summed E-state index contributed by atoms with van der Waals surface area (Å²) >= 11 is 0. The van der Waals surface area contributed by atoms with Gasteiger partial charge in [-0.25, -0.2) is 0 Å². The summed E-state index contributed by atoms with van der Waals surface area (Å²) in [5.41, 5.74) is 3.10. The minimum Gasteiger partial charge on any atom is -0.313 e. The Bertz CT molecular complexity index is 495. The van der Waals surface area contributed by atoms with Crippen LogP contribution < -0.4 is 5.30 Å². The Balaban J connectivity index is 3.00. The molecule has 0 aliphatic carbocycles. The number of allylic oxidation sites excluding steroid dienone is 1. The molecule has 1 aromatic rings. The maximum Gasteiger partial charge on any atom is 0.149 e. The van der Waals surface area contributed by atoms with Gasteiger partial charge < -0.3 is 4.57 Å². The Morgan fingerprint density at radius 3 is 2.35 bits per heavy atom. The summed E-state index contributed by atoms with van der Waals surface area (Å²) in [4.78, 5) is 0. The largest absolute Gasteiger partial charge is 0.313 e. The SMILES string of the molecule is C=C=C(CCCCCC)[P@@](=O)(c1ccccc1)C(C)C. The number of hydrogen-bond donors (Lipinski definition) is 0. The van der Waals surface area contributed by atoms with Gasteiger partial charge in [0.1, 0.15) is 7.14 Å². The quantitative estimate of drug-likeness (QED) is 0.340. The zero-order valence-electron chi connectivity index (χ0n) is 13.1. The van der Waals surface area contributed by atoms with Crippen LogP contribution in [0.3, 0.4) is 0 Å². The minimum atomic E-state index is -2.56. The summed E-state index contributed by atoms with van der Waals surface area (Å²) in [5, 5.41) is 1.87. The van der Waals surface area contributed by atoms with E-state index < -0.39 is 7.14 Å². The zero-order valence-corrected chi connectivity index (χ0v) is 14.0. The molecule has 110 valence electrons. The highest BCUT2D eigenvalue weighted by molar-refractivity contribution is 7.76. The van der Waals surface area contributed by atoms with Crippen LogP contribution in [0.5, 0.6) is 0 Å². The van der Waals surface area contributed by atoms with Gasteiger partial charge in [-0.3, -0.25) is 0 Å². The van der Waals surface area contributed by atoms with Gasteiger partial charge in [-0.15, -0.1) is 5.73 Å². The molecule has 0 spiro atoms. The predicted molar refractivity (Wildman–Crippen MR) is 90.2 cm³/mol. The molecule has 0 bridgehead atoms. The maximum absolute atomic E-state index is 13.6. The highest BCUT2D eigenvalue weighted by atomic mass is 31.2. The topological polar surface area (TPSA) is 17.1 Å². The van der Waals surface area contributed by atoms with E-state index >= 15 is 0 Å². The smallest absolute Gasteiger partial charge is 0.149 e. The van der Waals surface area contributed by atoms with Gasteiger partial charge in [-0.1, -0.05) is 76.9 Å². The lowest BCUT2D eigenvalue weighted by Gasteiger charge is -2.24. The lowest BCUT2D eigenvalue weighted by atomic mass is 10.1. The van der Waals surface area contributed by atoms with Gasteiger partial charge in [0, 0.05) is 16.3 Å². The molecule has 0 aromatic heterocycles. The molecular formula is C18H27OP. The van der Waals surface area contributed by atoms with Crippen LogP contribution in [0.1, 0.15) is 52.9 Å². The number of rotatable bonds is 8. The van der Waals surface area contributed by atoms with E-state index in [1.807, 2.05) is 44.2 Å². The van der Waals surface area contributed by atoms with Gasteiger partial charge in [0.15, 0.2) is 0 Å². The van der Waals surface area contributed by atoms with Crippen LogP contribution >= 0.6 is 7.14 Å². The fourth-order valence-electron chi connectivity index (χ4n) is 2.51. The molecule has 0 saturated heterocycles. The summed E-state index contributed by atoms with van der Waals surface area (Å²) in [6, 6.07) is 9.84. The molecule has 0 heterocycles. The second-order valence-corrected chi connectivity index (χ2v) is 8.93. The van der Waals surface area contributed by atoms with E-state index in [0.717, 1.165) is 23.5 Å². The van der Waals surface area contributed by atoms with Crippen LogP contribution in [0.4, 0.5) is 0 Å². The van der Waals surface area contributed by atoms with Gasteiger partial charge in [0.25, 0.3) is 0 Å². The molecule has 0 saturated carbocycles. The summed E-state index contributed by atoms with van der Waals surface area (Å²) in [7, 11) is -2.56. The molecule has 0 aliphatic heterocycles. The molecule has 1 nitrogen and oxygen atoms in total. The normalized spacial score (nSPS) is 13.8. The van der Waals surface area contributed by atoms with Gasteiger partial charge in [-0.05, 0) is 12.8 Å². The summed E-state index contributed by atoms with van der Waals surface area (Å²) < 4.78 is 13.6. The Morgan fingerprint density at radius 1 is 1.20 bits per heavy atom. The Labute approximate surface area is 124 Å². The van der Waals surface area contributed by atoms with E-state index in [1.165, 1.54) is 19.3 Å². The third kappa shape index (κ3) is 3.98. The van der Waals surface area contributed by atoms with Crippen LogP contribution in [0.25, 0.3) is 0 Å². The highest BCUT2D eigenvalue weighted by Gasteiger charge is 2.32. The second kappa shape index (κ2) is 8.30. The average Bonchev–Trinajstić information content (AvgIpc) is 2.47. The fraction of sp³-hybridized carbons (Fsp3) is 0.500. The first-order chi connectivity index (χ1) is 9.57. The van der Waals surface area contributed by atoms with Crippen molar-refractivity contribution in [2.24, 2.45) is 0 Å². The molecule has 1 rings (SSSR count). The van der Waals surface area contributed by atoms with Crippen molar-refractivity contribution in [3.8, 4) is 0 Å². The Morgan fingerprint density at radius 2 is 1.85 bits per heavy atom. The van der Waals surface area contributed by atoms with E-state index in [4.69, 9.17) is 0 Å². The van der Waals surface area contributed by atoms with Crippen molar-refractivity contribution < 1.29 is 4.57 Å². The van der Waals surface area contributed by atoms with Crippen molar-refractivity contribution in [1.29, 1.82) is 0 Å². The van der Waals surface area contributed by atoms with Crippen molar-refractivity contribution in [3.05, 3.63) is 48.0 Å². The predicted octanol–water partition coefficient (Wildman–Crippen LogP) is 5.72. The molecule has 2 heteroatoms. The average molecular weight is 290 g/mol. The fourth-order valence-corrected chi connectivity index (χ4v) is 5.38. The van der Waals surface area contributed by atoms with E-state index in [-0.39, 0.29) is 5.66 Å². The van der Waals surface area contributed by atoms with E-state index in [1.54, 1.807) is 0 Å². The van der Waals surface area contributed by atoms with E-state index in [0.29, 0.717) is 0 Å². The Kier molecular flexibility index (Phi) is 7.06. The van der Waals surface area contributed by atoms with Crippen molar-refractivity contribution in [1.82, 2.24) is 0 Å². The molecule has 1 aromatic carbocycles. The first-order valence-corrected chi connectivity index (χ1v) is 9.39. The summed E-state index contributed by atoms with van der Waals surface area (Å²) in [6.45, 7) is 10.1. The number of unbranched alkanes of at least 4 members (excludes halogenated alkanes) is 3. The molecule has 0 unspecified atom stereocenters. The van der Waals surface area contributed by atoms with Crippen LogP contribution in [0, 0.1) is 0 Å². The second-order valence-electron chi connectivity index (χ2n) is 5.52. The van der Waals surface area contributed by atoms with Gasteiger partial charge in [-0.2, -0.15) is 0 Å². The zero-order chi connectivity index (χ0) is 15.0. The van der Waals surface area contributed by atoms with Crippen molar-refractivity contribution in [3.63, 3.8) is 0 Å². The van der Waals surface area contributed by atoms with Gasteiger partial charge in [0.2, 0.25) is 0 Å². The minimum absolute atomic E-state index is 0.0975. The summed E-state index contributed by atoms with van der Waals surface area (Å²) in [5.74, 6) is 0. The number of hydrogen-bond acceptors (Lipinski definition) is 1. The van der Waals surface area contributed by atoms with Crippen molar-refractivity contribution >= 4 is 12.4 Å². The molecule has 0 fully saturated rings. The molecular weight excluding hydrogens is 263 g/mol. The van der Waals surface area contributed by atoms with E-state index in [9.17, 15) is 4.57 Å². The molecule has 1 atom stereocenters. The first kappa shape index (κ1) is 17.0. The third-order valence-corrected chi connectivity index (χ3v) is 7.44. The lowest BCUT2D eigenvalue weighted by molar-refractivity contribution is 0.576. The first-order valence-electron chi connectivity index (χ1n) is 7.62. The van der Waals surface area contributed by atoms with Crippen LogP contribution in [-0.4, -0.2) is 5.66 Å². The molecule has 0 N–H and O–H groups in total. The van der Waals surface area contributed by atoms with Gasteiger partial charge >= 0.3 is 0 Å². The van der Waals surface area contributed by atoms with Crippen LogP contribution in [0.2, 0.25) is 0 Å².